The second kappa shape index (κ2) is 7.12. The molecule has 0 spiro atoms. The molecule has 0 unspecified atom stereocenters. The minimum atomic E-state index is 1.18. The number of benzene rings is 5. The highest BCUT2D eigenvalue weighted by Gasteiger charge is 2.19. The van der Waals surface area contributed by atoms with Crippen LogP contribution in [0.3, 0.4) is 0 Å². The molecule has 0 radical (unpaired) electrons. The van der Waals surface area contributed by atoms with E-state index in [1.54, 1.807) is 0 Å². The maximum Gasteiger partial charge on any atom is 0.125 e. The van der Waals surface area contributed by atoms with Gasteiger partial charge in [-0.1, -0.05) is 78.9 Å². The van der Waals surface area contributed by atoms with E-state index in [0.717, 1.165) is 0 Å². The van der Waals surface area contributed by atoms with E-state index in [1.807, 2.05) is 0 Å². The van der Waals surface area contributed by atoms with Gasteiger partial charge in [-0.2, -0.15) is 0 Å². The highest BCUT2D eigenvalue weighted by Crippen LogP contribution is 2.40. The van der Waals surface area contributed by atoms with E-state index in [1.165, 1.54) is 65.8 Å². The maximum absolute atomic E-state index is 2.47. The highest BCUT2D eigenvalue weighted by molar-refractivity contribution is 6.23. The van der Waals surface area contributed by atoms with Gasteiger partial charge in [0, 0.05) is 57.4 Å². The van der Waals surface area contributed by atoms with Crippen molar-refractivity contribution in [1.82, 2.24) is 13.7 Å². The molecule has 3 nitrogen and oxygen atoms in total. The zero-order valence-corrected chi connectivity index (χ0v) is 19.9. The normalized spacial score (nSPS) is 12.0. The van der Waals surface area contributed by atoms with Crippen LogP contribution in [0.25, 0.3) is 65.8 Å². The van der Waals surface area contributed by atoms with E-state index in [9.17, 15) is 0 Å². The molecule has 0 aliphatic rings. The second-order valence-electron chi connectivity index (χ2n) is 9.58. The van der Waals surface area contributed by atoms with Crippen molar-refractivity contribution >= 4 is 54.3 Å². The quantitative estimate of drug-likeness (QED) is 0.246. The van der Waals surface area contributed by atoms with E-state index in [-0.39, 0.29) is 0 Å². The fourth-order valence-electron chi connectivity index (χ4n) is 6.08. The van der Waals surface area contributed by atoms with E-state index in [0.29, 0.717) is 0 Å². The van der Waals surface area contributed by atoms with Crippen LogP contribution in [0.4, 0.5) is 0 Å². The standard InChI is InChI=1S/C33H23N3/c1-34-21-22-9-5-6-12-24(22)33(34)36-31-14-8-7-13-26(31)29-16-15-25-27-19-20-35(23-10-3-2-4-11-23)30(27)18-17-28(25)32(29)36/h2-21H,1H3. The molecule has 170 valence electrons. The van der Waals surface area contributed by atoms with Crippen LogP contribution in [0.15, 0.2) is 122 Å². The first-order chi connectivity index (χ1) is 17.8. The molecule has 8 rings (SSSR count). The molecule has 8 aromatic rings. The van der Waals surface area contributed by atoms with Gasteiger partial charge in [-0.15, -0.1) is 0 Å². The number of hydrogen-bond donors (Lipinski definition) is 0. The summed E-state index contributed by atoms with van der Waals surface area (Å²) in [7, 11) is 2.15. The Morgan fingerprint density at radius 2 is 1.17 bits per heavy atom. The average molecular weight is 462 g/mol. The lowest BCUT2D eigenvalue weighted by Gasteiger charge is -2.13. The molecule has 5 aromatic carbocycles. The average Bonchev–Trinajstić information content (AvgIpc) is 3.60. The van der Waals surface area contributed by atoms with Crippen LogP contribution >= 0.6 is 0 Å². The fraction of sp³-hybridized carbons (Fsp3) is 0.0303. The number of hydrogen-bond acceptors (Lipinski definition) is 0. The van der Waals surface area contributed by atoms with Gasteiger partial charge in [0.1, 0.15) is 5.82 Å². The molecular weight excluding hydrogens is 438 g/mol. The number of para-hydroxylation sites is 2. The van der Waals surface area contributed by atoms with Gasteiger partial charge in [0.05, 0.1) is 16.6 Å². The lowest BCUT2D eigenvalue weighted by Crippen LogP contribution is -2.01. The molecule has 0 amide bonds. The van der Waals surface area contributed by atoms with Gasteiger partial charge in [-0.25, -0.2) is 0 Å². The molecule has 0 aliphatic heterocycles. The van der Waals surface area contributed by atoms with Crippen LogP contribution in [0.5, 0.6) is 0 Å². The summed E-state index contributed by atoms with van der Waals surface area (Å²) in [6.07, 6.45) is 4.42. The van der Waals surface area contributed by atoms with Crippen LogP contribution in [0.2, 0.25) is 0 Å². The minimum Gasteiger partial charge on any atom is -0.336 e. The smallest absolute Gasteiger partial charge is 0.125 e. The first-order valence-corrected chi connectivity index (χ1v) is 12.4. The largest absolute Gasteiger partial charge is 0.336 e. The predicted octanol–water partition coefficient (Wildman–Crippen LogP) is 8.37. The summed E-state index contributed by atoms with van der Waals surface area (Å²) >= 11 is 0. The van der Waals surface area contributed by atoms with E-state index < -0.39 is 0 Å². The third-order valence-corrected chi connectivity index (χ3v) is 7.61. The van der Waals surface area contributed by atoms with Crippen LogP contribution in [0, 0.1) is 0 Å². The Morgan fingerprint density at radius 1 is 0.500 bits per heavy atom. The molecule has 0 saturated carbocycles. The van der Waals surface area contributed by atoms with Gasteiger partial charge in [-0.3, -0.25) is 4.57 Å². The van der Waals surface area contributed by atoms with Crippen molar-refractivity contribution in [1.29, 1.82) is 0 Å². The zero-order chi connectivity index (χ0) is 23.8. The van der Waals surface area contributed by atoms with Crippen molar-refractivity contribution < 1.29 is 0 Å². The molecule has 0 saturated heterocycles. The summed E-state index contributed by atoms with van der Waals surface area (Å²) in [5.74, 6) is 1.20. The van der Waals surface area contributed by atoms with Gasteiger partial charge in [0.15, 0.2) is 0 Å². The topological polar surface area (TPSA) is 14.8 Å². The summed E-state index contributed by atoms with van der Waals surface area (Å²) in [5, 5.41) is 8.89. The number of aryl methyl sites for hydroxylation is 1. The van der Waals surface area contributed by atoms with Crippen molar-refractivity contribution in [2.45, 2.75) is 0 Å². The summed E-state index contributed by atoms with van der Waals surface area (Å²) in [5.41, 5.74) is 4.89. The van der Waals surface area contributed by atoms with Gasteiger partial charge >= 0.3 is 0 Å². The molecular formula is C33H23N3. The Kier molecular flexibility index (Phi) is 3.87. The zero-order valence-electron chi connectivity index (χ0n) is 19.9. The van der Waals surface area contributed by atoms with Gasteiger partial charge in [0.25, 0.3) is 0 Å². The summed E-state index contributed by atoms with van der Waals surface area (Å²) in [6.45, 7) is 0. The Balaban J connectivity index is 1.54. The van der Waals surface area contributed by atoms with Crippen LogP contribution in [0.1, 0.15) is 0 Å². The van der Waals surface area contributed by atoms with E-state index >= 15 is 0 Å². The first kappa shape index (κ1) is 19.5. The monoisotopic (exact) mass is 461 g/mol. The molecule has 0 bridgehead atoms. The Morgan fingerprint density at radius 3 is 2.06 bits per heavy atom. The van der Waals surface area contributed by atoms with Crippen LogP contribution in [-0.2, 0) is 7.05 Å². The molecule has 3 heterocycles. The molecule has 0 aliphatic carbocycles. The number of fused-ring (bicyclic) bond motifs is 8. The fourth-order valence-corrected chi connectivity index (χ4v) is 6.08. The molecule has 36 heavy (non-hydrogen) atoms. The van der Waals surface area contributed by atoms with Crippen molar-refractivity contribution in [3.05, 3.63) is 122 Å². The maximum atomic E-state index is 2.47. The van der Waals surface area contributed by atoms with Crippen LogP contribution in [-0.4, -0.2) is 13.7 Å². The predicted molar refractivity (Wildman–Crippen MR) is 152 cm³/mol. The molecule has 0 N–H and O–H groups in total. The third kappa shape index (κ3) is 2.52. The molecule has 0 fully saturated rings. The number of aromatic nitrogens is 3. The highest BCUT2D eigenvalue weighted by atomic mass is 15.1. The van der Waals surface area contributed by atoms with Gasteiger partial charge in [0.2, 0.25) is 0 Å². The summed E-state index contributed by atoms with van der Waals surface area (Å²) in [4.78, 5) is 0. The van der Waals surface area contributed by atoms with Crippen molar-refractivity contribution in [2.75, 3.05) is 0 Å². The summed E-state index contributed by atoms with van der Waals surface area (Å²) < 4.78 is 7.01. The number of nitrogens with zero attached hydrogens (tertiary/aromatic N) is 3. The molecule has 0 atom stereocenters. The minimum absolute atomic E-state index is 1.18. The molecule has 3 heteroatoms. The Bertz CT molecular complexity index is 2100. The van der Waals surface area contributed by atoms with Crippen LogP contribution < -0.4 is 0 Å². The summed E-state index contributed by atoms with van der Waals surface area (Å²) in [6, 6.07) is 39.4. The van der Waals surface area contributed by atoms with E-state index in [4.69, 9.17) is 0 Å². The van der Waals surface area contributed by atoms with Gasteiger partial charge < -0.3 is 9.13 Å². The SMILES string of the molecule is Cn1cc2ccccc2c1-n1c2ccccc2c2ccc3c4ccn(-c5ccccc5)c4ccc3c21. The first-order valence-electron chi connectivity index (χ1n) is 12.4. The molecule has 3 aromatic heterocycles. The van der Waals surface area contributed by atoms with Gasteiger partial charge in [-0.05, 0) is 35.7 Å². The number of rotatable bonds is 2. The van der Waals surface area contributed by atoms with E-state index in [2.05, 4.69) is 142 Å². The lowest BCUT2D eigenvalue weighted by atomic mass is 10.0. The Labute approximate surface area is 208 Å². The van der Waals surface area contributed by atoms with Crippen molar-refractivity contribution in [3.63, 3.8) is 0 Å². The Hall–Kier alpha value is -4.76. The second-order valence-corrected chi connectivity index (χ2v) is 9.58. The third-order valence-electron chi connectivity index (χ3n) is 7.61. The van der Waals surface area contributed by atoms with Crippen molar-refractivity contribution in [3.8, 4) is 11.5 Å². The van der Waals surface area contributed by atoms with Crippen molar-refractivity contribution in [2.24, 2.45) is 7.05 Å². The lowest BCUT2D eigenvalue weighted by molar-refractivity contribution is 0.877.